The number of hydrogen-bond acceptors (Lipinski definition) is 2. The van der Waals surface area contributed by atoms with Gasteiger partial charge in [0, 0.05) is 4.88 Å². The first-order valence-corrected chi connectivity index (χ1v) is 7.36. The zero-order valence-corrected chi connectivity index (χ0v) is 12.4. The molecule has 2 aromatic rings. The Balaban J connectivity index is 2.49. The molecule has 1 aromatic carbocycles. The Bertz CT molecular complexity index is 618. The van der Waals surface area contributed by atoms with Crippen LogP contribution in [0, 0.1) is 5.82 Å². The Kier molecular flexibility index (Phi) is 4.68. The summed E-state index contributed by atoms with van der Waals surface area (Å²) in [7, 11) is 1.68. The number of alkyl halides is 3. The van der Waals surface area contributed by atoms with Gasteiger partial charge in [-0.3, -0.25) is 0 Å². The Morgan fingerprint density at radius 1 is 1.24 bits per heavy atom. The minimum absolute atomic E-state index is 0.373. The summed E-state index contributed by atoms with van der Waals surface area (Å²) in [5.41, 5.74) is 0.260. The van der Waals surface area contributed by atoms with Gasteiger partial charge in [0.05, 0.1) is 11.6 Å². The van der Waals surface area contributed by atoms with Gasteiger partial charge in [-0.25, -0.2) is 4.39 Å². The number of aryl methyl sites for hydroxylation is 1. The second kappa shape index (κ2) is 6.15. The molecule has 0 saturated heterocycles. The van der Waals surface area contributed by atoms with Crippen molar-refractivity contribution in [2.45, 2.75) is 25.6 Å². The lowest BCUT2D eigenvalue weighted by molar-refractivity contribution is -0.140. The van der Waals surface area contributed by atoms with Crippen molar-refractivity contribution in [3.63, 3.8) is 0 Å². The second-order valence-corrected chi connectivity index (χ2v) is 5.57. The molecule has 1 atom stereocenters. The summed E-state index contributed by atoms with van der Waals surface area (Å²) < 4.78 is 51.9. The standard InChI is InChI=1S/C15H15F4NS/c1-3-9-6-7-21-14(9)13(20-2)10-4-5-12(16)11(8-10)15(17,18)19/h4-8,13,20H,3H2,1-2H3. The molecule has 0 radical (unpaired) electrons. The van der Waals surface area contributed by atoms with E-state index in [9.17, 15) is 17.6 Å². The predicted molar refractivity (Wildman–Crippen MR) is 76.0 cm³/mol. The van der Waals surface area contributed by atoms with E-state index in [-0.39, 0.29) is 6.04 Å². The normalized spacial score (nSPS) is 13.4. The van der Waals surface area contributed by atoms with Crippen molar-refractivity contribution in [1.29, 1.82) is 0 Å². The van der Waals surface area contributed by atoms with Gasteiger partial charge in [-0.1, -0.05) is 13.0 Å². The number of rotatable bonds is 4. The lowest BCUT2D eigenvalue weighted by atomic mass is 9.99. The third kappa shape index (κ3) is 3.27. The maximum Gasteiger partial charge on any atom is 0.419 e. The largest absolute Gasteiger partial charge is 0.419 e. The van der Waals surface area contributed by atoms with E-state index in [1.54, 1.807) is 7.05 Å². The third-order valence-corrected chi connectivity index (χ3v) is 4.37. The average Bonchev–Trinajstić information content (AvgIpc) is 2.88. The monoisotopic (exact) mass is 317 g/mol. The molecular formula is C15H15F4NS. The van der Waals surface area contributed by atoms with Crippen LogP contribution >= 0.6 is 11.3 Å². The zero-order chi connectivity index (χ0) is 15.6. The highest BCUT2D eigenvalue weighted by Gasteiger charge is 2.35. The Labute approximate surface area is 124 Å². The fraction of sp³-hybridized carbons (Fsp3) is 0.333. The molecule has 114 valence electrons. The van der Waals surface area contributed by atoms with E-state index in [1.807, 2.05) is 18.4 Å². The van der Waals surface area contributed by atoms with Crippen LogP contribution in [0.4, 0.5) is 17.6 Å². The van der Waals surface area contributed by atoms with Crippen LogP contribution < -0.4 is 5.32 Å². The van der Waals surface area contributed by atoms with Gasteiger partial charge in [0.1, 0.15) is 5.82 Å². The molecule has 0 fully saturated rings. The first kappa shape index (κ1) is 16.0. The lowest BCUT2D eigenvalue weighted by Gasteiger charge is -2.19. The lowest BCUT2D eigenvalue weighted by Crippen LogP contribution is -2.19. The van der Waals surface area contributed by atoms with Crippen molar-refractivity contribution in [3.8, 4) is 0 Å². The van der Waals surface area contributed by atoms with Gasteiger partial charge >= 0.3 is 6.18 Å². The van der Waals surface area contributed by atoms with Crippen molar-refractivity contribution in [2.24, 2.45) is 0 Å². The molecule has 6 heteroatoms. The van der Waals surface area contributed by atoms with Gasteiger partial charge < -0.3 is 5.32 Å². The molecule has 0 bridgehead atoms. The number of thiophene rings is 1. The number of hydrogen-bond donors (Lipinski definition) is 1. The van der Waals surface area contributed by atoms with Crippen LogP contribution in [0.3, 0.4) is 0 Å². The van der Waals surface area contributed by atoms with Crippen molar-refractivity contribution in [1.82, 2.24) is 5.32 Å². The Hall–Kier alpha value is -1.40. The molecular weight excluding hydrogens is 302 g/mol. The van der Waals surface area contributed by atoms with E-state index in [0.29, 0.717) is 5.56 Å². The van der Waals surface area contributed by atoms with E-state index < -0.39 is 17.6 Å². The summed E-state index contributed by atoms with van der Waals surface area (Å²) >= 11 is 1.48. The summed E-state index contributed by atoms with van der Waals surface area (Å²) in [6.07, 6.45) is -3.90. The predicted octanol–water partition coefficient (Wildman–Crippen LogP) is 4.78. The maximum absolute atomic E-state index is 13.4. The first-order chi connectivity index (χ1) is 9.88. The smallest absolute Gasteiger partial charge is 0.309 e. The fourth-order valence-electron chi connectivity index (χ4n) is 2.28. The third-order valence-electron chi connectivity index (χ3n) is 3.34. The van der Waals surface area contributed by atoms with Gasteiger partial charge in [-0.05, 0) is 48.2 Å². The fourth-order valence-corrected chi connectivity index (χ4v) is 3.41. The second-order valence-electron chi connectivity index (χ2n) is 4.62. The summed E-state index contributed by atoms with van der Waals surface area (Å²) in [5.74, 6) is -1.25. The first-order valence-electron chi connectivity index (χ1n) is 6.48. The average molecular weight is 317 g/mol. The highest BCUT2D eigenvalue weighted by molar-refractivity contribution is 7.10. The maximum atomic E-state index is 13.4. The van der Waals surface area contributed by atoms with E-state index in [0.717, 1.165) is 29.0 Å². The van der Waals surface area contributed by atoms with Gasteiger partial charge in [-0.2, -0.15) is 13.2 Å². The molecule has 1 unspecified atom stereocenters. The molecule has 0 spiro atoms. The van der Waals surface area contributed by atoms with Crippen molar-refractivity contribution < 1.29 is 17.6 Å². The molecule has 1 aromatic heterocycles. The van der Waals surface area contributed by atoms with E-state index in [1.165, 1.54) is 17.4 Å². The molecule has 1 N–H and O–H groups in total. The van der Waals surface area contributed by atoms with Crippen molar-refractivity contribution >= 4 is 11.3 Å². The topological polar surface area (TPSA) is 12.0 Å². The molecule has 0 amide bonds. The van der Waals surface area contributed by atoms with Crippen LogP contribution in [0.5, 0.6) is 0 Å². The zero-order valence-electron chi connectivity index (χ0n) is 11.6. The minimum atomic E-state index is -4.69. The SMILES string of the molecule is CCc1ccsc1C(NC)c1ccc(F)c(C(F)(F)F)c1. The minimum Gasteiger partial charge on any atom is -0.309 e. The number of halogens is 4. The van der Waals surface area contributed by atoms with Crippen LogP contribution in [0.25, 0.3) is 0 Å². The van der Waals surface area contributed by atoms with Gasteiger partial charge in [0.15, 0.2) is 0 Å². The Morgan fingerprint density at radius 2 is 1.95 bits per heavy atom. The summed E-state index contributed by atoms with van der Waals surface area (Å²) in [6.45, 7) is 1.99. The molecule has 0 aliphatic rings. The van der Waals surface area contributed by atoms with E-state index in [4.69, 9.17) is 0 Å². The molecule has 21 heavy (non-hydrogen) atoms. The van der Waals surface area contributed by atoms with Crippen molar-refractivity contribution in [3.05, 3.63) is 57.0 Å². The quantitative estimate of drug-likeness (QED) is 0.800. The molecule has 1 nitrogen and oxygen atoms in total. The van der Waals surface area contributed by atoms with Crippen LogP contribution in [-0.4, -0.2) is 7.05 Å². The summed E-state index contributed by atoms with van der Waals surface area (Å²) in [6, 6.07) is 4.74. The molecule has 0 saturated carbocycles. The van der Waals surface area contributed by atoms with Gasteiger partial charge in [-0.15, -0.1) is 11.3 Å². The Morgan fingerprint density at radius 3 is 2.52 bits per heavy atom. The van der Waals surface area contributed by atoms with Crippen molar-refractivity contribution in [2.75, 3.05) is 7.05 Å². The van der Waals surface area contributed by atoms with Gasteiger partial charge in [0.2, 0.25) is 0 Å². The van der Waals surface area contributed by atoms with Crippen LogP contribution in [0.1, 0.15) is 34.5 Å². The highest BCUT2D eigenvalue weighted by Crippen LogP contribution is 2.35. The molecule has 0 aliphatic carbocycles. The number of benzene rings is 1. The van der Waals surface area contributed by atoms with Gasteiger partial charge in [0.25, 0.3) is 0 Å². The van der Waals surface area contributed by atoms with Crippen LogP contribution in [0.15, 0.2) is 29.6 Å². The highest BCUT2D eigenvalue weighted by atomic mass is 32.1. The van der Waals surface area contributed by atoms with Crippen LogP contribution in [-0.2, 0) is 12.6 Å². The van der Waals surface area contributed by atoms with E-state index in [2.05, 4.69) is 5.32 Å². The molecule has 0 aliphatic heterocycles. The van der Waals surface area contributed by atoms with Crippen LogP contribution in [0.2, 0.25) is 0 Å². The number of nitrogens with one attached hydrogen (secondary N) is 1. The summed E-state index contributed by atoms with van der Waals surface area (Å²) in [5, 5.41) is 4.92. The molecule has 1 heterocycles. The van der Waals surface area contributed by atoms with E-state index >= 15 is 0 Å². The summed E-state index contributed by atoms with van der Waals surface area (Å²) in [4.78, 5) is 0.958. The molecule has 2 rings (SSSR count).